The largest absolute Gasteiger partial charge is 0.481 e. The zero-order valence-corrected chi connectivity index (χ0v) is 10.4. The summed E-state index contributed by atoms with van der Waals surface area (Å²) in [7, 11) is 0. The molecule has 0 fully saturated rings. The summed E-state index contributed by atoms with van der Waals surface area (Å²) < 4.78 is 0. The maximum absolute atomic E-state index is 11.6. The van der Waals surface area contributed by atoms with E-state index >= 15 is 0 Å². The van der Waals surface area contributed by atoms with E-state index in [1.165, 1.54) is 0 Å². The summed E-state index contributed by atoms with van der Waals surface area (Å²) in [5, 5.41) is 19.5. The summed E-state index contributed by atoms with van der Waals surface area (Å²) in [6.07, 6.45) is -0.626. The van der Waals surface area contributed by atoms with E-state index in [9.17, 15) is 14.4 Å². The van der Waals surface area contributed by atoms with Gasteiger partial charge in [-0.05, 0) is 12.5 Å². The van der Waals surface area contributed by atoms with E-state index in [2.05, 4.69) is 5.32 Å². The van der Waals surface area contributed by atoms with Gasteiger partial charge in [0.2, 0.25) is 5.91 Å². The first-order valence-electron chi connectivity index (χ1n) is 5.68. The van der Waals surface area contributed by atoms with Gasteiger partial charge in [0.15, 0.2) is 0 Å². The van der Waals surface area contributed by atoms with Crippen LogP contribution in [0.3, 0.4) is 0 Å². The van der Waals surface area contributed by atoms with Crippen LogP contribution in [0.2, 0.25) is 0 Å². The highest BCUT2D eigenvalue weighted by atomic mass is 16.4. The number of nitrogens with one attached hydrogen (secondary N) is 1. The van der Waals surface area contributed by atoms with Gasteiger partial charge in [-0.1, -0.05) is 29.8 Å². The Kier molecular flexibility index (Phi) is 5.05. The predicted molar refractivity (Wildman–Crippen MR) is 66.7 cm³/mol. The first-order valence-corrected chi connectivity index (χ1v) is 5.68. The average Bonchev–Trinajstić information content (AvgIpc) is 2.30. The second-order valence-corrected chi connectivity index (χ2v) is 4.22. The zero-order chi connectivity index (χ0) is 14.4. The van der Waals surface area contributed by atoms with Gasteiger partial charge in [0.05, 0.1) is 12.8 Å². The van der Waals surface area contributed by atoms with Gasteiger partial charge in [0.1, 0.15) is 6.04 Å². The van der Waals surface area contributed by atoms with E-state index in [4.69, 9.17) is 10.2 Å². The number of hydrogen-bond acceptors (Lipinski definition) is 3. The number of amides is 1. The molecule has 1 aromatic carbocycles. The fraction of sp³-hybridized carbons (Fsp3) is 0.308. The minimum atomic E-state index is -1.41. The monoisotopic (exact) mass is 265 g/mol. The molecule has 6 heteroatoms. The van der Waals surface area contributed by atoms with Gasteiger partial charge in [-0.25, -0.2) is 4.79 Å². The number of carbonyl (C=O) groups excluding carboxylic acids is 1. The van der Waals surface area contributed by atoms with Gasteiger partial charge in [-0.15, -0.1) is 0 Å². The molecule has 6 nitrogen and oxygen atoms in total. The molecule has 0 bridgehead atoms. The zero-order valence-electron chi connectivity index (χ0n) is 10.4. The van der Waals surface area contributed by atoms with E-state index in [-0.39, 0.29) is 6.42 Å². The summed E-state index contributed by atoms with van der Waals surface area (Å²) in [5.41, 5.74) is 1.79. The lowest BCUT2D eigenvalue weighted by Gasteiger charge is -2.12. The van der Waals surface area contributed by atoms with Crippen molar-refractivity contribution in [2.75, 3.05) is 0 Å². The first kappa shape index (κ1) is 14.7. The highest BCUT2D eigenvalue weighted by molar-refractivity contribution is 5.87. The molecule has 102 valence electrons. The summed E-state index contributed by atoms with van der Waals surface area (Å²) in [4.78, 5) is 32.9. The van der Waals surface area contributed by atoms with Crippen molar-refractivity contribution >= 4 is 17.8 Å². The second-order valence-electron chi connectivity index (χ2n) is 4.22. The standard InChI is InChI=1S/C13H15NO5/c1-8-2-4-9(5-3-8)6-11(15)14-10(13(18)19)7-12(16)17/h2-5,10H,6-7H2,1H3,(H,14,15)(H,16,17)(H,18,19). The van der Waals surface area contributed by atoms with Crippen molar-refractivity contribution in [3.63, 3.8) is 0 Å². The number of carboxylic acid groups (broad SMARTS) is 2. The van der Waals surface area contributed by atoms with E-state index in [1.54, 1.807) is 12.1 Å². The van der Waals surface area contributed by atoms with E-state index in [1.807, 2.05) is 19.1 Å². The molecule has 3 N–H and O–H groups in total. The average molecular weight is 265 g/mol. The van der Waals surface area contributed by atoms with Crippen LogP contribution >= 0.6 is 0 Å². The fourth-order valence-corrected chi connectivity index (χ4v) is 1.51. The van der Waals surface area contributed by atoms with Crippen LogP contribution in [-0.2, 0) is 20.8 Å². The van der Waals surface area contributed by atoms with Gasteiger partial charge in [0.25, 0.3) is 0 Å². The Bertz CT molecular complexity index is 480. The maximum Gasteiger partial charge on any atom is 0.326 e. The third-order valence-corrected chi connectivity index (χ3v) is 2.50. The van der Waals surface area contributed by atoms with Crippen molar-refractivity contribution in [3.8, 4) is 0 Å². The predicted octanol–water partition coefficient (Wildman–Crippen LogP) is 0.582. The molecule has 0 aliphatic rings. The van der Waals surface area contributed by atoms with Crippen molar-refractivity contribution < 1.29 is 24.6 Å². The molecular formula is C13H15NO5. The Morgan fingerprint density at radius 3 is 2.21 bits per heavy atom. The number of carboxylic acids is 2. The molecule has 0 spiro atoms. The molecule has 1 atom stereocenters. The molecule has 1 unspecified atom stereocenters. The van der Waals surface area contributed by atoms with Gasteiger partial charge in [0, 0.05) is 0 Å². The molecule has 0 radical (unpaired) electrons. The molecule has 0 aromatic heterocycles. The minimum absolute atomic E-state index is 0.0175. The lowest BCUT2D eigenvalue weighted by atomic mass is 10.1. The Balaban J connectivity index is 2.59. The van der Waals surface area contributed by atoms with Crippen LogP contribution in [0.5, 0.6) is 0 Å². The van der Waals surface area contributed by atoms with Gasteiger partial charge in [-0.3, -0.25) is 9.59 Å². The van der Waals surface area contributed by atoms with Crippen LogP contribution in [0.1, 0.15) is 17.5 Å². The molecule has 19 heavy (non-hydrogen) atoms. The van der Waals surface area contributed by atoms with Crippen molar-refractivity contribution in [1.82, 2.24) is 5.32 Å². The number of aryl methyl sites for hydroxylation is 1. The van der Waals surface area contributed by atoms with Crippen LogP contribution in [0, 0.1) is 6.92 Å². The lowest BCUT2D eigenvalue weighted by Crippen LogP contribution is -2.42. The Morgan fingerprint density at radius 1 is 1.16 bits per heavy atom. The first-order chi connectivity index (χ1) is 8.88. The summed E-state index contributed by atoms with van der Waals surface area (Å²) >= 11 is 0. The van der Waals surface area contributed by atoms with Crippen molar-refractivity contribution in [3.05, 3.63) is 35.4 Å². The molecule has 0 saturated heterocycles. The lowest BCUT2D eigenvalue weighted by molar-refractivity contribution is -0.147. The fourth-order valence-electron chi connectivity index (χ4n) is 1.51. The highest BCUT2D eigenvalue weighted by Crippen LogP contribution is 2.04. The third kappa shape index (κ3) is 5.20. The smallest absolute Gasteiger partial charge is 0.326 e. The molecule has 0 saturated carbocycles. The van der Waals surface area contributed by atoms with Gasteiger partial charge < -0.3 is 15.5 Å². The molecule has 1 rings (SSSR count). The quantitative estimate of drug-likeness (QED) is 0.698. The SMILES string of the molecule is Cc1ccc(CC(=O)NC(CC(=O)O)C(=O)O)cc1. The number of carbonyl (C=O) groups is 3. The van der Waals surface area contributed by atoms with Crippen molar-refractivity contribution in [2.24, 2.45) is 0 Å². The van der Waals surface area contributed by atoms with Gasteiger partial charge >= 0.3 is 11.9 Å². The van der Waals surface area contributed by atoms with Crippen LogP contribution in [0.25, 0.3) is 0 Å². The third-order valence-electron chi connectivity index (χ3n) is 2.50. The van der Waals surface area contributed by atoms with Crippen LogP contribution in [-0.4, -0.2) is 34.1 Å². The molecular weight excluding hydrogens is 250 g/mol. The molecule has 1 aromatic rings. The van der Waals surface area contributed by atoms with Crippen molar-refractivity contribution in [2.45, 2.75) is 25.8 Å². The summed E-state index contributed by atoms with van der Waals surface area (Å²) in [6, 6.07) is 5.81. The highest BCUT2D eigenvalue weighted by Gasteiger charge is 2.22. The topological polar surface area (TPSA) is 104 Å². The summed E-state index contributed by atoms with van der Waals surface area (Å²) in [6.45, 7) is 1.91. The Labute approximate surface area is 110 Å². The van der Waals surface area contributed by atoms with E-state index in [0.29, 0.717) is 0 Å². The van der Waals surface area contributed by atoms with E-state index in [0.717, 1.165) is 11.1 Å². The number of rotatable bonds is 6. The Morgan fingerprint density at radius 2 is 1.74 bits per heavy atom. The van der Waals surface area contributed by atoms with Gasteiger partial charge in [-0.2, -0.15) is 0 Å². The molecule has 0 aliphatic carbocycles. The van der Waals surface area contributed by atoms with Crippen molar-refractivity contribution in [1.29, 1.82) is 0 Å². The minimum Gasteiger partial charge on any atom is -0.481 e. The molecule has 0 heterocycles. The number of benzene rings is 1. The normalized spacial score (nSPS) is 11.6. The van der Waals surface area contributed by atoms with Crippen LogP contribution in [0.15, 0.2) is 24.3 Å². The molecule has 1 amide bonds. The number of hydrogen-bond donors (Lipinski definition) is 3. The molecule has 0 aliphatic heterocycles. The van der Waals surface area contributed by atoms with E-state index < -0.39 is 30.3 Å². The summed E-state index contributed by atoms with van der Waals surface area (Å²) in [5.74, 6) is -3.15. The van der Waals surface area contributed by atoms with Crippen LogP contribution in [0.4, 0.5) is 0 Å². The Hall–Kier alpha value is -2.37. The number of aliphatic carboxylic acids is 2. The second kappa shape index (κ2) is 6.53. The maximum atomic E-state index is 11.6. The van der Waals surface area contributed by atoms with Crippen LogP contribution < -0.4 is 5.32 Å².